The Bertz CT molecular complexity index is 1140. The molecule has 1 fully saturated rings. The molecular weight excluding hydrogens is 382 g/mol. The average molecular weight is 403 g/mol. The lowest BCUT2D eigenvalue weighted by atomic mass is 9.92. The number of carbonyl (C=O) groups is 3. The minimum atomic E-state index is -1.28. The lowest BCUT2D eigenvalue weighted by Gasteiger charge is -2.22. The SMILES string of the molecule is COc1ccc(C2(C)NC(=O)N(NC(=O)Cc3cccc4ccccc34)C2=O)cc1. The number of hydrogen-bond acceptors (Lipinski definition) is 4. The number of methoxy groups -OCH3 is 1. The van der Waals surface area contributed by atoms with Gasteiger partial charge in [-0.3, -0.25) is 15.0 Å². The van der Waals surface area contributed by atoms with E-state index in [1.54, 1.807) is 38.3 Å². The molecule has 7 heteroatoms. The minimum Gasteiger partial charge on any atom is -0.497 e. The number of urea groups is 1. The zero-order chi connectivity index (χ0) is 21.3. The Morgan fingerprint density at radius 2 is 1.73 bits per heavy atom. The maximum Gasteiger partial charge on any atom is 0.344 e. The van der Waals surface area contributed by atoms with Crippen LogP contribution in [0.25, 0.3) is 10.8 Å². The third-order valence-corrected chi connectivity index (χ3v) is 5.33. The Balaban J connectivity index is 1.52. The van der Waals surface area contributed by atoms with Gasteiger partial charge in [0, 0.05) is 0 Å². The van der Waals surface area contributed by atoms with Crippen LogP contribution in [0.5, 0.6) is 5.75 Å². The number of benzene rings is 3. The number of carbonyl (C=O) groups excluding carboxylic acids is 3. The first-order valence-corrected chi connectivity index (χ1v) is 9.50. The molecule has 0 spiro atoms. The van der Waals surface area contributed by atoms with Crippen molar-refractivity contribution in [3.05, 3.63) is 77.9 Å². The van der Waals surface area contributed by atoms with E-state index in [9.17, 15) is 14.4 Å². The Morgan fingerprint density at radius 1 is 1.03 bits per heavy atom. The maximum atomic E-state index is 13.0. The molecule has 3 aromatic rings. The third kappa shape index (κ3) is 3.34. The van der Waals surface area contributed by atoms with Crippen molar-refractivity contribution in [2.24, 2.45) is 0 Å². The summed E-state index contributed by atoms with van der Waals surface area (Å²) >= 11 is 0. The lowest BCUT2D eigenvalue weighted by Crippen LogP contribution is -2.48. The van der Waals surface area contributed by atoms with Crippen LogP contribution in [0.1, 0.15) is 18.1 Å². The van der Waals surface area contributed by atoms with E-state index in [-0.39, 0.29) is 6.42 Å². The molecule has 30 heavy (non-hydrogen) atoms. The van der Waals surface area contributed by atoms with Crippen LogP contribution in [-0.2, 0) is 21.5 Å². The molecule has 0 bridgehead atoms. The molecule has 4 rings (SSSR count). The highest BCUT2D eigenvalue weighted by molar-refractivity contribution is 6.08. The normalized spacial score (nSPS) is 18.4. The fourth-order valence-corrected chi connectivity index (χ4v) is 3.64. The highest BCUT2D eigenvalue weighted by Crippen LogP contribution is 2.29. The van der Waals surface area contributed by atoms with E-state index in [1.165, 1.54) is 0 Å². The smallest absolute Gasteiger partial charge is 0.344 e. The summed E-state index contributed by atoms with van der Waals surface area (Å²) in [7, 11) is 1.55. The molecule has 3 aromatic carbocycles. The summed E-state index contributed by atoms with van der Waals surface area (Å²) < 4.78 is 5.13. The summed E-state index contributed by atoms with van der Waals surface area (Å²) in [6, 6.07) is 19.6. The molecule has 1 saturated heterocycles. The Morgan fingerprint density at radius 3 is 2.47 bits per heavy atom. The van der Waals surface area contributed by atoms with Crippen LogP contribution >= 0.6 is 0 Å². The fourth-order valence-electron chi connectivity index (χ4n) is 3.64. The van der Waals surface area contributed by atoms with Crippen molar-refractivity contribution in [3.8, 4) is 5.75 Å². The number of ether oxygens (including phenoxy) is 1. The number of nitrogens with zero attached hydrogens (tertiary/aromatic N) is 1. The van der Waals surface area contributed by atoms with Gasteiger partial charge in [-0.25, -0.2) is 4.79 Å². The third-order valence-electron chi connectivity index (χ3n) is 5.33. The molecule has 0 radical (unpaired) electrons. The Labute approximate surface area is 173 Å². The summed E-state index contributed by atoms with van der Waals surface area (Å²) in [5, 5.41) is 5.38. The van der Waals surface area contributed by atoms with E-state index in [1.807, 2.05) is 42.5 Å². The molecule has 4 amide bonds. The van der Waals surface area contributed by atoms with Crippen molar-refractivity contribution in [3.63, 3.8) is 0 Å². The van der Waals surface area contributed by atoms with E-state index in [0.717, 1.165) is 21.3 Å². The van der Waals surface area contributed by atoms with Gasteiger partial charge < -0.3 is 10.1 Å². The predicted octanol–water partition coefficient (Wildman–Crippen LogP) is 2.89. The molecule has 152 valence electrons. The number of amides is 4. The second kappa shape index (κ2) is 7.51. The van der Waals surface area contributed by atoms with E-state index in [0.29, 0.717) is 11.3 Å². The van der Waals surface area contributed by atoms with Crippen LogP contribution in [0.2, 0.25) is 0 Å². The number of fused-ring (bicyclic) bond motifs is 1. The first-order valence-electron chi connectivity index (χ1n) is 9.50. The van der Waals surface area contributed by atoms with E-state index >= 15 is 0 Å². The van der Waals surface area contributed by atoms with Crippen molar-refractivity contribution < 1.29 is 19.1 Å². The van der Waals surface area contributed by atoms with Gasteiger partial charge in [0.2, 0.25) is 5.91 Å². The largest absolute Gasteiger partial charge is 0.497 e. The first kappa shape index (κ1) is 19.4. The van der Waals surface area contributed by atoms with E-state index < -0.39 is 23.4 Å². The van der Waals surface area contributed by atoms with Gasteiger partial charge in [-0.1, -0.05) is 54.6 Å². The Kier molecular flexibility index (Phi) is 4.87. The number of imide groups is 1. The topological polar surface area (TPSA) is 87.7 Å². The summed E-state index contributed by atoms with van der Waals surface area (Å²) in [5.74, 6) is -0.364. The molecule has 0 aliphatic carbocycles. The summed E-state index contributed by atoms with van der Waals surface area (Å²) in [4.78, 5) is 38.1. The number of nitrogens with one attached hydrogen (secondary N) is 2. The average Bonchev–Trinajstić information content (AvgIpc) is 2.98. The predicted molar refractivity (Wildman–Crippen MR) is 112 cm³/mol. The van der Waals surface area contributed by atoms with Gasteiger partial charge in [0.05, 0.1) is 13.5 Å². The van der Waals surface area contributed by atoms with Gasteiger partial charge in [0.25, 0.3) is 5.91 Å². The van der Waals surface area contributed by atoms with Gasteiger partial charge in [-0.2, -0.15) is 5.01 Å². The molecule has 1 heterocycles. The van der Waals surface area contributed by atoms with Crippen LogP contribution in [-0.4, -0.2) is 30.0 Å². The van der Waals surface area contributed by atoms with Gasteiger partial charge in [-0.05, 0) is 41.0 Å². The molecule has 1 unspecified atom stereocenters. The van der Waals surface area contributed by atoms with Crippen LogP contribution in [0.3, 0.4) is 0 Å². The maximum absolute atomic E-state index is 13.0. The number of rotatable bonds is 5. The van der Waals surface area contributed by atoms with Crippen molar-refractivity contribution in [1.82, 2.24) is 15.8 Å². The summed E-state index contributed by atoms with van der Waals surface area (Å²) in [5.41, 5.74) is 2.57. The molecule has 1 aliphatic rings. The molecule has 1 aliphatic heterocycles. The summed E-state index contributed by atoms with van der Waals surface area (Å²) in [6.07, 6.45) is 0.0393. The second-order valence-corrected chi connectivity index (χ2v) is 7.27. The van der Waals surface area contributed by atoms with Crippen molar-refractivity contribution >= 4 is 28.6 Å². The van der Waals surface area contributed by atoms with Gasteiger partial charge in [0.15, 0.2) is 0 Å². The highest BCUT2D eigenvalue weighted by Gasteiger charge is 2.50. The second-order valence-electron chi connectivity index (χ2n) is 7.27. The fraction of sp³-hybridized carbons (Fsp3) is 0.174. The molecule has 0 aromatic heterocycles. The minimum absolute atomic E-state index is 0.0393. The van der Waals surface area contributed by atoms with Crippen LogP contribution in [0.4, 0.5) is 4.79 Å². The van der Waals surface area contributed by atoms with E-state index in [2.05, 4.69) is 10.7 Å². The number of hydrogen-bond donors (Lipinski definition) is 2. The molecule has 0 saturated carbocycles. The zero-order valence-electron chi connectivity index (χ0n) is 16.6. The molecule has 1 atom stereocenters. The quantitative estimate of drug-likeness (QED) is 0.642. The number of hydrazine groups is 1. The van der Waals surface area contributed by atoms with Crippen LogP contribution in [0, 0.1) is 0 Å². The highest BCUT2D eigenvalue weighted by atomic mass is 16.5. The molecule has 7 nitrogen and oxygen atoms in total. The van der Waals surface area contributed by atoms with E-state index in [4.69, 9.17) is 4.74 Å². The first-order chi connectivity index (χ1) is 14.4. The molecule has 2 N–H and O–H groups in total. The van der Waals surface area contributed by atoms with Gasteiger partial charge >= 0.3 is 6.03 Å². The van der Waals surface area contributed by atoms with Crippen molar-refractivity contribution in [2.45, 2.75) is 18.9 Å². The van der Waals surface area contributed by atoms with Crippen LogP contribution in [0.15, 0.2) is 66.7 Å². The zero-order valence-corrected chi connectivity index (χ0v) is 16.6. The van der Waals surface area contributed by atoms with Crippen molar-refractivity contribution in [1.29, 1.82) is 0 Å². The molecular formula is C23H21N3O4. The lowest BCUT2D eigenvalue weighted by molar-refractivity contribution is -0.138. The van der Waals surface area contributed by atoms with Crippen LogP contribution < -0.4 is 15.5 Å². The summed E-state index contributed by atoms with van der Waals surface area (Å²) in [6.45, 7) is 1.60. The van der Waals surface area contributed by atoms with Crippen molar-refractivity contribution in [2.75, 3.05) is 7.11 Å². The monoisotopic (exact) mass is 403 g/mol. The van der Waals surface area contributed by atoms with Gasteiger partial charge in [-0.15, -0.1) is 0 Å². The van der Waals surface area contributed by atoms with Gasteiger partial charge in [0.1, 0.15) is 11.3 Å². The Hall–Kier alpha value is -3.87. The standard InChI is InChI=1S/C23H21N3O4/c1-23(17-10-12-18(30-2)13-11-17)21(28)26(22(29)24-23)25-20(27)14-16-8-5-7-15-6-3-4-9-19(15)16/h3-13H,14H2,1-2H3,(H,24,29)(H,25,27).